The van der Waals surface area contributed by atoms with Gasteiger partial charge in [-0.3, -0.25) is 0 Å². The fourth-order valence-electron chi connectivity index (χ4n) is 3.05. The summed E-state index contributed by atoms with van der Waals surface area (Å²) in [5.41, 5.74) is 1.43. The lowest BCUT2D eigenvalue weighted by molar-refractivity contribution is -0.132. The average Bonchev–Trinajstić information content (AvgIpc) is 2.48. The maximum absolute atomic E-state index is 10.2. The van der Waals surface area contributed by atoms with Gasteiger partial charge in [-0.1, -0.05) is 60.7 Å². The van der Waals surface area contributed by atoms with Crippen LogP contribution < -0.4 is 0 Å². The summed E-state index contributed by atoms with van der Waals surface area (Å²) < 4.78 is 0. The molecule has 2 rings (SSSR count). The van der Waals surface area contributed by atoms with Crippen LogP contribution in [0.1, 0.15) is 31.9 Å². The van der Waals surface area contributed by atoms with Gasteiger partial charge in [0.25, 0.3) is 0 Å². The van der Waals surface area contributed by atoms with E-state index in [2.05, 4.69) is 0 Å². The molecule has 0 saturated carbocycles. The zero-order valence-corrected chi connectivity index (χ0v) is 12.8. The van der Waals surface area contributed by atoms with Crippen molar-refractivity contribution in [3.05, 3.63) is 71.8 Å². The van der Waals surface area contributed by atoms with Crippen molar-refractivity contribution in [1.82, 2.24) is 4.90 Å². The Hall–Kier alpha value is -1.68. The Morgan fingerprint density at radius 2 is 1.10 bits per heavy atom. The summed E-state index contributed by atoms with van der Waals surface area (Å²) in [5.74, 6) is 0. The van der Waals surface area contributed by atoms with E-state index in [1.807, 2.05) is 67.6 Å². The molecule has 2 aromatic rings. The summed E-state index contributed by atoms with van der Waals surface area (Å²) in [6.07, 6.45) is -1.56. The van der Waals surface area contributed by atoms with Crippen molar-refractivity contribution in [3.63, 3.8) is 0 Å². The Morgan fingerprint density at radius 1 is 0.762 bits per heavy atom. The molecule has 3 heteroatoms. The van der Waals surface area contributed by atoms with E-state index in [-0.39, 0.29) is 0 Å². The van der Waals surface area contributed by atoms with Gasteiger partial charge in [-0.05, 0) is 31.9 Å². The first-order chi connectivity index (χ1) is 9.98. The number of hydrogen-bond acceptors (Lipinski definition) is 3. The highest BCUT2D eigenvalue weighted by Gasteiger charge is 2.40. The fourth-order valence-corrected chi connectivity index (χ4v) is 3.05. The van der Waals surface area contributed by atoms with Crippen molar-refractivity contribution in [3.8, 4) is 0 Å². The molecule has 0 aliphatic heterocycles. The van der Waals surface area contributed by atoms with E-state index in [1.165, 1.54) is 0 Å². The van der Waals surface area contributed by atoms with Crippen LogP contribution in [0.2, 0.25) is 0 Å². The lowest BCUT2D eigenvalue weighted by atomic mass is 9.82. The second kappa shape index (κ2) is 6.39. The molecule has 3 nitrogen and oxygen atoms in total. The Balaban J connectivity index is 2.65. The van der Waals surface area contributed by atoms with E-state index in [0.29, 0.717) is 0 Å². The zero-order chi connectivity index (χ0) is 15.5. The molecule has 0 amide bonds. The Bertz CT molecular complexity index is 504. The van der Waals surface area contributed by atoms with Crippen LogP contribution in [0.5, 0.6) is 0 Å². The number of aliphatic hydroxyl groups excluding tert-OH is 2. The molecule has 2 aromatic carbocycles. The first kappa shape index (κ1) is 15.7. The lowest BCUT2D eigenvalue weighted by Crippen LogP contribution is -2.53. The minimum absolute atomic E-state index is 0.620. The van der Waals surface area contributed by atoms with Crippen molar-refractivity contribution in [2.45, 2.75) is 38.8 Å². The van der Waals surface area contributed by atoms with Gasteiger partial charge in [0, 0.05) is 0 Å². The first-order valence-electron chi connectivity index (χ1n) is 7.23. The molecule has 2 unspecified atom stereocenters. The van der Waals surface area contributed by atoms with E-state index in [4.69, 9.17) is 0 Å². The Morgan fingerprint density at radius 3 is 1.38 bits per heavy atom. The van der Waals surface area contributed by atoms with Crippen molar-refractivity contribution in [1.29, 1.82) is 0 Å². The molecular weight excluding hydrogens is 262 g/mol. The molecular formula is C18H23NO2. The van der Waals surface area contributed by atoms with E-state index < -0.39 is 18.0 Å². The van der Waals surface area contributed by atoms with Gasteiger partial charge in [-0.25, -0.2) is 4.90 Å². The number of aliphatic hydroxyl groups is 2. The predicted molar refractivity (Wildman–Crippen MR) is 84.5 cm³/mol. The molecule has 2 atom stereocenters. The maximum atomic E-state index is 10.2. The van der Waals surface area contributed by atoms with E-state index in [1.54, 1.807) is 18.7 Å². The number of rotatable bonds is 5. The van der Waals surface area contributed by atoms with Gasteiger partial charge in [0.1, 0.15) is 12.5 Å². The molecule has 0 saturated heterocycles. The average molecular weight is 285 g/mol. The first-order valence-corrected chi connectivity index (χ1v) is 7.23. The maximum Gasteiger partial charge on any atom is 0.107 e. The number of nitrogens with zero attached hydrogens (tertiary/aromatic N) is 1. The van der Waals surface area contributed by atoms with Gasteiger partial charge in [-0.2, -0.15) is 0 Å². The number of hydrogen-bond donors (Lipinski definition) is 2. The second-order valence-electron chi connectivity index (χ2n) is 5.48. The molecule has 0 aliphatic carbocycles. The molecule has 21 heavy (non-hydrogen) atoms. The van der Waals surface area contributed by atoms with Crippen LogP contribution in [0, 0.1) is 0 Å². The van der Waals surface area contributed by atoms with Crippen LogP contribution in [-0.2, 0) is 5.54 Å². The summed E-state index contributed by atoms with van der Waals surface area (Å²) in [6.45, 7) is 5.38. The van der Waals surface area contributed by atoms with E-state index in [9.17, 15) is 10.2 Å². The van der Waals surface area contributed by atoms with Gasteiger partial charge < -0.3 is 10.2 Å². The smallest absolute Gasteiger partial charge is 0.107 e. The molecule has 0 spiro atoms. The van der Waals surface area contributed by atoms with Gasteiger partial charge in [0.2, 0.25) is 0 Å². The Labute approximate surface area is 126 Å². The molecule has 0 aliphatic rings. The van der Waals surface area contributed by atoms with Crippen LogP contribution in [0.25, 0.3) is 0 Å². The van der Waals surface area contributed by atoms with E-state index >= 15 is 0 Å². The summed E-state index contributed by atoms with van der Waals surface area (Å²) in [7, 11) is 0. The standard InChI is InChI=1S/C18H23NO2/c1-14(20)19(15(2)21)18(3,16-10-6-4-7-11-16)17-12-8-5-9-13-17/h4-15,20-21H,1-3H3. The van der Waals surface area contributed by atoms with Crippen LogP contribution in [0.3, 0.4) is 0 Å². The largest absolute Gasteiger partial charge is 0.379 e. The summed E-state index contributed by atoms with van der Waals surface area (Å²) in [4.78, 5) is 1.71. The van der Waals surface area contributed by atoms with Gasteiger partial charge in [0.15, 0.2) is 0 Å². The van der Waals surface area contributed by atoms with Gasteiger partial charge in [0.05, 0.1) is 5.54 Å². The van der Waals surface area contributed by atoms with Crippen molar-refractivity contribution in [2.24, 2.45) is 0 Å². The van der Waals surface area contributed by atoms with Crippen LogP contribution >= 0.6 is 0 Å². The molecule has 0 bridgehead atoms. The molecule has 0 radical (unpaired) electrons. The normalized spacial score (nSPS) is 15.0. The quantitative estimate of drug-likeness (QED) is 0.830. The highest BCUT2D eigenvalue weighted by atomic mass is 16.3. The second-order valence-corrected chi connectivity index (χ2v) is 5.48. The monoisotopic (exact) mass is 285 g/mol. The summed E-state index contributed by atoms with van der Waals surface area (Å²) in [5, 5.41) is 20.4. The minimum Gasteiger partial charge on any atom is -0.379 e. The highest BCUT2D eigenvalue weighted by molar-refractivity contribution is 5.37. The van der Waals surface area contributed by atoms with Crippen LogP contribution in [-0.4, -0.2) is 27.6 Å². The van der Waals surface area contributed by atoms with Gasteiger partial charge in [-0.15, -0.1) is 0 Å². The molecule has 0 fully saturated rings. The van der Waals surface area contributed by atoms with Gasteiger partial charge >= 0.3 is 0 Å². The van der Waals surface area contributed by atoms with E-state index in [0.717, 1.165) is 11.1 Å². The SMILES string of the molecule is CC(O)N(C(C)O)C(C)(c1ccccc1)c1ccccc1. The third-order valence-electron chi connectivity index (χ3n) is 3.99. The summed E-state index contributed by atoms with van der Waals surface area (Å²) in [6, 6.07) is 19.9. The minimum atomic E-state index is -0.782. The number of benzene rings is 2. The lowest BCUT2D eigenvalue weighted by Gasteiger charge is -2.45. The fraction of sp³-hybridized carbons (Fsp3) is 0.333. The zero-order valence-electron chi connectivity index (χ0n) is 12.8. The van der Waals surface area contributed by atoms with Crippen molar-refractivity contribution < 1.29 is 10.2 Å². The molecule has 0 heterocycles. The molecule has 112 valence electrons. The third-order valence-corrected chi connectivity index (χ3v) is 3.99. The summed E-state index contributed by atoms with van der Waals surface area (Å²) >= 11 is 0. The van der Waals surface area contributed by atoms with Crippen LogP contribution in [0.4, 0.5) is 0 Å². The Kier molecular flexibility index (Phi) is 4.78. The molecule has 2 N–H and O–H groups in total. The van der Waals surface area contributed by atoms with Crippen molar-refractivity contribution in [2.75, 3.05) is 0 Å². The predicted octanol–water partition coefficient (Wildman–Crippen LogP) is 2.93. The topological polar surface area (TPSA) is 43.7 Å². The van der Waals surface area contributed by atoms with Crippen LogP contribution in [0.15, 0.2) is 60.7 Å². The molecule has 0 aromatic heterocycles. The van der Waals surface area contributed by atoms with Crippen molar-refractivity contribution >= 4 is 0 Å². The third kappa shape index (κ3) is 3.00. The highest BCUT2D eigenvalue weighted by Crippen LogP contribution is 2.37.